The first-order valence-electron chi connectivity index (χ1n) is 13.2. The summed E-state index contributed by atoms with van der Waals surface area (Å²) < 4.78 is 27.2. The normalized spacial score (nSPS) is 12.8. The lowest BCUT2D eigenvalue weighted by Gasteiger charge is -2.21. The molecule has 0 fully saturated rings. The van der Waals surface area contributed by atoms with Crippen molar-refractivity contribution >= 4 is 33.4 Å². The smallest absolute Gasteiger partial charge is 0.188 e. The summed E-state index contributed by atoms with van der Waals surface area (Å²) in [6.07, 6.45) is 7.36. The lowest BCUT2D eigenvalue weighted by molar-refractivity contribution is 0.594. The molecule has 0 unspecified atom stereocenters. The highest BCUT2D eigenvalue weighted by Crippen LogP contribution is 2.23. The SMILES string of the molecule is CCN(CC)c1ccc(C=CC(C=Cc2ccc(N(CC)CC)cc2)S(=O)(=O)c2ccc(C)cc2)cc1. The van der Waals surface area contributed by atoms with Crippen molar-refractivity contribution in [2.75, 3.05) is 36.0 Å². The Hall–Kier alpha value is -3.31. The first-order valence-corrected chi connectivity index (χ1v) is 14.7. The van der Waals surface area contributed by atoms with Crippen molar-refractivity contribution in [3.63, 3.8) is 0 Å². The van der Waals surface area contributed by atoms with E-state index in [2.05, 4.69) is 61.8 Å². The molecule has 3 aromatic carbocycles. The highest BCUT2D eigenvalue weighted by atomic mass is 32.2. The molecular formula is C32H40N2O2S. The van der Waals surface area contributed by atoms with Gasteiger partial charge < -0.3 is 9.80 Å². The lowest BCUT2D eigenvalue weighted by Crippen LogP contribution is -2.21. The molecule has 37 heavy (non-hydrogen) atoms. The molecule has 3 rings (SSSR count). The van der Waals surface area contributed by atoms with Crippen molar-refractivity contribution in [3.05, 3.63) is 102 Å². The monoisotopic (exact) mass is 516 g/mol. The van der Waals surface area contributed by atoms with Crippen molar-refractivity contribution < 1.29 is 8.42 Å². The van der Waals surface area contributed by atoms with Gasteiger partial charge >= 0.3 is 0 Å². The number of sulfone groups is 1. The third-order valence-electron chi connectivity index (χ3n) is 6.71. The molecule has 0 spiro atoms. The van der Waals surface area contributed by atoms with Crippen LogP contribution in [0.25, 0.3) is 12.2 Å². The molecular weight excluding hydrogens is 476 g/mol. The van der Waals surface area contributed by atoms with Gasteiger partial charge in [-0.3, -0.25) is 0 Å². The van der Waals surface area contributed by atoms with Gasteiger partial charge in [0.1, 0.15) is 5.25 Å². The van der Waals surface area contributed by atoms with E-state index in [1.54, 1.807) is 24.3 Å². The molecule has 0 bridgehead atoms. The summed E-state index contributed by atoms with van der Waals surface area (Å²) >= 11 is 0. The molecule has 0 aliphatic rings. The number of rotatable bonds is 12. The van der Waals surface area contributed by atoms with Crippen molar-refractivity contribution in [1.82, 2.24) is 0 Å². The van der Waals surface area contributed by atoms with Gasteiger partial charge in [-0.15, -0.1) is 0 Å². The first-order chi connectivity index (χ1) is 17.8. The van der Waals surface area contributed by atoms with Gasteiger partial charge in [0.25, 0.3) is 0 Å². The number of benzene rings is 3. The van der Waals surface area contributed by atoms with Crippen LogP contribution in [0, 0.1) is 6.92 Å². The second-order valence-corrected chi connectivity index (χ2v) is 11.2. The van der Waals surface area contributed by atoms with Crippen LogP contribution in [0.5, 0.6) is 0 Å². The number of hydrogen-bond acceptors (Lipinski definition) is 4. The van der Waals surface area contributed by atoms with Crippen LogP contribution in [0.2, 0.25) is 0 Å². The van der Waals surface area contributed by atoms with Crippen molar-refractivity contribution in [3.8, 4) is 0 Å². The van der Waals surface area contributed by atoms with Crippen molar-refractivity contribution in [2.24, 2.45) is 0 Å². The Bertz CT molecular complexity index is 1200. The highest BCUT2D eigenvalue weighted by molar-refractivity contribution is 7.92. The van der Waals surface area contributed by atoms with E-state index in [0.29, 0.717) is 4.90 Å². The Kier molecular flexibility index (Phi) is 10.2. The number of anilines is 2. The largest absolute Gasteiger partial charge is 0.372 e. The Morgan fingerprint density at radius 1 is 0.622 bits per heavy atom. The molecule has 0 atom stereocenters. The maximum absolute atomic E-state index is 13.6. The zero-order chi connectivity index (χ0) is 26.8. The minimum atomic E-state index is -3.61. The van der Waals surface area contributed by atoms with Gasteiger partial charge in [0.2, 0.25) is 0 Å². The summed E-state index contributed by atoms with van der Waals surface area (Å²) in [4.78, 5) is 4.89. The molecule has 0 saturated carbocycles. The number of hydrogen-bond donors (Lipinski definition) is 0. The van der Waals surface area contributed by atoms with Crippen LogP contribution in [0.15, 0.2) is 89.8 Å². The second-order valence-electron chi connectivity index (χ2n) is 9.07. The molecule has 0 aliphatic heterocycles. The topological polar surface area (TPSA) is 40.6 Å². The minimum absolute atomic E-state index is 0.325. The summed E-state index contributed by atoms with van der Waals surface area (Å²) in [7, 11) is -3.61. The van der Waals surface area contributed by atoms with Crippen molar-refractivity contribution in [2.45, 2.75) is 44.8 Å². The quantitative estimate of drug-likeness (QED) is 0.254. The fourth-order valence-electron chi connectivity index (χ4n) is 4.34. The molecule has 0 saturated heterocycles. The summed E-state index contributed by atoms with van der Waals surface area (Å²) in [5.41, 5.74) is 5.30. The van der Waals surface area contributed by atoms with E-state index in [4.69, 9.17) is 0 Å². The van der Waals surface area contributed by atoms with Crippen LogP contribution in [0.1, 0.15) is 44.4 Å². The van der Waals surface area contributed by atoms with E-state index in [0.717, 1.165) is 42.9 Å². The molecule has 3 aromatic rings. The predicted octanol–water partition coefficient (Wildman–Crippen LogP) is 7.26. The van der Waals surface area contributed by atoms with E-state index in [9.17, 15) is 8.42 Å². The Morgan fingerprint density at radius 3 is 1.35 bits per heavy atom. The summed E-state index contributed by atoms with van der Waals surface area (Å²) in [5, 5.41) is -0.792. The van der Waals surface area contributed by atoms with E-state index in [1.165, 1.54) is 11.4 Å². The molecule has 0 heterocycles. The van der Waals surface area contributed by atoms with Crippen molar-refractivity contribution in [1.29, 1.82) is 0 Å². The highest BCUT2D eigenvalue weighted by Gasteiger charge is 2.23. The van der Waals surface area contributed by atoms with Crippen LogP contribution in [0.4, 0.5) is 11.4 Å². The maximum Gasteiger partial charge on any atom is 0.188 e. The maximum atomic E-state index is 13.6. The van der Waals surface area contributed by atoms with Crippen LogP contribution in [0.3, 0.4) is 0 Å². The first kappa shape index (κ1) is 28.3. The van der Waals surface area contributed by atoms with Crippen LogP contribution < -0.4 is 9.80 Å². The van der Waals surface area contributed by atoms with Gasteiger partial charge in [0.05, 0.1) is 4.90 Å². The van der Waals surface area contributed by atoms with E-state index in [1.807, 2.05) is 55.5 Å². The summed E-state index contributed by atoms with van der Waals surface area (Å²) in [6, 6.07) is 23.6. The molecule has 5 heteroatoms. The number of nitrogens with zero attached hydrogens (tertiary/aromatic N) is 2. The average molecular weight is 517 g/mol. The van der Waals surface area contributed by atoms with E-state index in [-0.39, 0.29) is 0 Å². The Labute approximate surface area is 223 Å². The van der Waals surface area contributed by atoms with Crippen LogP contribution in [-0.2, 0) is 9.84 Å². The van der Waals surface area contributed by atoms with E-state index >= 15 is 0 Å². The third-order valence-corrected chi connectivity index (χ3v) is 8.67. The third kappa shape index (κ3) is 7.36. The van der Waals surface area contributed by atoms with Gasteiger partial charge in [-0.1, -0.05) is 66.3 Å². The van der Waals surface area contributed by atoms with Crippen LogP contribution >= 0.6 is 0 Å². The molecule has 196 valence electrons. The Morgan fingerprint density at radius 2 is 1.00 bits per heavy atom. The molecule has 0 radical (unpaired) electrons. The zero-order valence-corrected chi connectivity index (χ0v) is 23.6. The second kappa shape index (κ2) is 13.3. The zero-order valence-electron chi connectivity index (χ0n) is 22.8. The standard InChI is InChI=1S/C32H40N2O2S/c1-6-33(7-2)29-18-12-27(13-19-29)16-24-32(37(35,36)31-22-10-26(5)11-23-31)25-17-28-14-20-30(21-15-28)34(8-3)9-4/h10-25,32H,6-9H2,1-5H3. The molecule has 0 aromatic heterocycles. The lowest BCUT2D eigenvalue weighted by atomic mass is 10.1. The Balaban J connectivity index is 1.91. The molecule has 0 N–H and O–H groups in total. The molecule has 0 amide bonds. The van der Waals surface area contributed by atoms with Gasteiger partial charge in [0, 0.05) is 37.6 Å². The van der Waals surface area contributed by atoms with Gasteiger partial charge in [-0.2, -0.15) is 0 Å². The fourth-order valence-corrected chi connectivity index (χ4v) is 5.74. The predicted molar refractivity (Wildman–Crippen MR) is 160 cm³/mol. The fraction of sp³-hybridized carbons (Fsp3) is 0.312. The van der Waals surface area contributed by atoms with Gasteiger partial charge in [-0.05, 0) is 82.1 Å². The average Bonchev–Trinajstić information content (AvgIpc) is 2.91. The van der Waals surface area contributed by atoms with Gasteiger partial charge in [0.15, 0.2) is 9.84 Å². The van der Waals surface area contributed by atoms with Gasteiger partial charge in [-0.25, -0.2) is 8.42 Å². The summed E-state index contributed by atoms with van der Waals surface area (Å²) in [6.45, 7) is 14.3. The minimum Gasteiger partial charge on any atom is -0.372 e. The number of aryl methyl sites for hydroxylation is 1. The summed E-state index contributed by atoms with van der Waals surface area (Å²) in [5.74, 6) is 0. The van der Waals surface area contributed by atoms with Crippen LogP contribution in [-0.4, -0.2) is 39.8 Å². The van der Waals surface area contributed by atoms with E-state index < -0.39 is 15.1 Å². The molecule has 4 nitrogen and oxygen atoms in total. The molecule has 0 aliphatic carbocycles.